The molecule has 0 spiro atoms. The summed E-state index contributed by atoms with van der Waals surface area (Å²) in [6.45, 7) is 0.701. The molecule has 72 valence electrons. The molecule has 0 unspecified atom stereocenters. The minimum atomic E-state index is -0.175. The van der Waals surface area contributed by atoms with Crippen LogP contribution < -0.4 is 5.73 Å². The first-order chi connectivity index (χ1) is 6.24. The van der Waals surface area contributed by atoms with Crippen LogP contribution in [0, 0.1) is 5.82 Å². The maximum Gasteiger partial charge on any atom is 0.123 e. The topological polar surface area (TPSA) is 26.0 Å². The molecule has 0 aliphatic heterocycles. The lowest BCUT2D eigenvalue weighted by Crippen LogP contribution is -1.99. The van der Waals surface area contributed by atoms with E-state index in [9.17, 15) is 4.39 Å². The van der Waals surface area contributed by atoms with Crippen LogP contribution in [0.25, 0.3) is 0 Å². The molecule has 1 nitrogen and oxygen atoms in total. The smallest absolute Gasteiger partial charge is 0.123 e. The highest BCUT2D eigenvalue weighted by Crippen LogP contribution is 2.19. The van der Waals surface area contributed by atoms with Crippen LogP contribution in [0.2, 0.25) is 0 Å². The van der Waals surface area contributed by atoms with Gasteiger partial charge in [0.2, 0.25) is 0 Å². The molecule has 13 heavy (non-hydrogen) atoms. The number of hydrogen-bond acceptors (Lipinski definition) is 1. The number of unbranched alkanes of at least 4 members (excludes halogenated alkanes) is 1. The summed E-state index contributed by atoms with van der Waals surface area (Å²) < 4.78 is 13.8. The fourth-order valence-electron chi connectivity index (χ4n) is 1.19. The van der Waals surface area contributed by atoms with Crippen LogP contribution in [0.5, 0.6) is 0 Å². The number of rotatable bonds is 4. The predicted octanol–water partition coefficient (Wildman–Crippen LogP) is 2.87. The molecule has 0 radical (unpaired) electrons. The van der Waals surface area contributed by atoms with Gasteiger partial charge in [-0.1, -0.05) is 15.9 Å². The van der Waals surface area contributed by atoms with E-state index in [2.05, 4.69) is 15.9 Å². The van der Waals surface area contributed by atoms with Crippen molar-refractivity contribution in [1.82, 2.24) is 0 Å². The molecule has 0 aliphatic rings. The van der Waals surface area contributed by atoms with Gasteiger partial charge in [0.15, 0.2) is 0 Å². The Balaban J connectivity index is 2.59. The highest BCUT2D eigenvalue weighted by molar-refractivity contribution is 9.10. The van der Waals surface area contributed by atoms with Gasteiger partial charge in [-0.25, -0.2) is 4.39 Å². The summed E-state index contributed by atoms with van der Waals surface area (Å²) in [6.07, 6.45) is 2.89. The molecule has 0 aromatic heterocycles. The maximum absolute atomic E-state index is 12.8. The Morgan fingerprint density at radius 1 is 1.31 bits per heavy atom. The summed E-state index contributed by atoms with van der Waals surface area (Å²) in [5, 5.41) is 0. The van der Waals surface area contributed by atoms with E-state index in [-0.39, 0.29) is 5.82 Å². The van der Waals surface area contributed by atoms with Crippen molar-refractivity contribution in [3.05, 3.63) is 34.1 Å². The Morgan fingerprint density at radius 2 is 2.08 bits per heavy atom. The standard InChI is InChI=1S/C10H13BrFN/c11-10-5-4-9(12)7-8(10)3-1-2-6-13/h4-5,7H,1-3,6,13H2. The molecule has 1 aromatic carbocycles. The number of nitrogens with two attached hydrogens (primary N) is 1. The quantitative estimate of drug-likeness (QED) is 0.812. The lowest BCUT2D eigenvalue weighted by Gasteiger charge is -2.03. The second-order valence-corrected chi connectivity index (χ2v) is 3.84. The van der Waals surface area contributed by atoms with Gasteiger partial charge in [-0.05, 0) is 49.6 Å². The third kappa shape index (κ3) is 3.44. The normalized spacial score (nSPS) is 10.4. The summed E-state index contributed by atoms with van der Waals surface area (Å²) in [4.78, 5) is 0. The monoisotopic (exact) mass is 245 g/mol. The van der Waals surface area contributed by atoms with Crippen molar-refractivity contribution in [3.63, 3.8) is 0 Å². The molecule has 0 saturated heterocycles. The maximum atomic E-state index is 12.8. The van der Waals surface area contributed by atoms with Gasteiger partial charge in [0.1, 0.15) is 5.82 Å². The fraction of sp³-hybridized carbons (Fsp3) is 0.400. The molecule has 2 N–H and O–H groups in total. The SMILES string of the molecule is NCCCCc1cc(F)ccc1Br. The van der Waals surface area contributed by atoms with Gasteiger partial charge >= 0.3 is 0 Å². The van der Waals surface area contributed by atoms with Crippen LogP contribution in [0.1, 0.15) is 18.4 Å². The molecule has 0 amide bonds. The Bertz CT molecular complexity index is 276. The molecule has 1 aromatic rings. The Morgan fingerprint density at radius 3 is 2.77 bits per heavy atom. The minimum Gasteiger partial charge on any atom is -0.330 e. The predicted molar refractivity (Wildman–Crippen MR) is 56.1 cm³/mol. The Hall–Kier alpha value is -0.410. The van der Waals surface area contributed by atoms with E-state index in [0.717, 1.165) is 29.3 Å². The first-order valence-electron chi connectivity index (χ1n) is 4.38. The molecule has 0 aliphatic carbocycles. The lowest BCUT2D eigenvalue weighted by molar-refractivity contribution is 0.623. The molecule has 3 heteroatoms. The first kappa shape index (κ1) is 10.7. The zero-order valence-electron chi connectivity index (χ0n) is 7.39. The van der Waals surface area contributed by atoms with Gasteiger partial charge < -0.3 is 5.73 Å². The van der Waals surface area contributed by atoms with E-state index >= 15 is 0 Å². The van der Waals surface area contributed by atoms with Crippen molar-refractivity contribution in [2.75, 3.05) is 6.54 Å². The molecule has 0 saturated carbocycles. The van der Waals surface area contributed by atoms with Gasteiger partial charge in [0, 0.05) is 4.47 Å². The average Bonchev–Trinajstić information content (AvgIpc) is 2.11. The molecular formula is C10H13BrFN. The summed E-state index contributed by atoms with van der Waals surface area (Å²) in [7, 11) is 0. The minimum absolute atomic E-state index is 0.175. The van der Waals surface area contributed by atoms with E-state index in [4.69, 9.17) is 5.73 Å². The van der Waals surface area contributed by atoms with Crippen molar-refractivity contribution in [3.8, 4) is 0 Å². The van der Waals surface area contributed by atoms with Crippen molar-refractivity contribution in [2.45, 2.75) is 19.3 Å². The number of halogens is 2. The lowest BCUT2D eigenvalue weighted by atomic mass is 10.1. The van der Waals surface area contributed by atoms with Crippen molar-refractivity contribution < 1.29 is 4.39 Å². The molecule has 1 rings (SSSR count). The highest BCUT2D eigenvalue weighted by atomic mass is 79.9. The molecule has 0 atom stereocenters. The fourth-order valence-corrected chi connectivity index (χ4v) is 1.64. The van der Waals surface area contributed by atoms with Crippen LogP contribution >= 0.6 is 15.9 Å². The van der Waals surface area contributed by atoms with E-state index in [1.165, 1.54) is 6.07 Å². The summed E-state index contributed by atoms with van der Waals surface area (Å²) in [6, 6.07) is 4.77. The third-order valence-corrected chi connectivity index (χ3v) is 2.68. The first-order valence-corrected chi connectivity index (χ1v) is 5.17. The third-order valence-electron chi connectivity index (χ3n) is 1.91. The molecule has 0 fully saturated rings. The molecule has 0 bridgehead atoms. The van der Waals surface area contributed by atoms with Gasteiger partial charge in [-0.15, -0.1) is 0 Å². The number of benzene rings is 1. The molecular weight excluding hydrogens is 233 g/mol. The summed E-state index contributed by atoms with van der Waals surface area (Å²) in [5.41, 5.74) is 6.40. The van der Waals surface area contributed by atoms with E-state index in [0.29, 0.717) is 6.54 Å². The molecule has 0 heterocycles. The second kappa shape index (κ2) is 5.35. The van der Waals surface area contributed by atoms with E-state index in [1.54, 1.807) is 12.1 Å². The van der Waals surface area contributed by atoms with Crippen LogP contribution in [-0.4, -0.2) is 6.54 Å². The van der Waals surface area contributed by atoms with Gasteiger partial charge in [-0.3, -0.25) is 0 Å². The van der Waals surface area contributed by atoms with Gasteiger partial charge in [-0.2, -0.15) is 0 Å². The van der Waals surface area contributed by atoms with Gasteiger partial charge in [0.05, 0.1) is 0 Å². The van der Waals surface area contributed by atoms with Crippen molar-refractivity contribution in [2.24, 2.45) is 5.73 Å². The highest BCUT2D eigenvalue weighted by Gasteiger charge is 2.00. The van der Waals surface area contributed by atoms with Crippen LogP contribution in [0.4, 0.5) is 4.39 Å². The number of hydrogen-bond donors (Lipinski definition) is 1. The zero-order chi connectivity index (χ0) is 9.68. The Kier molecular flexibility index (Phi) is 4.39. The van der Waals surface area contributed by atoms with Crippen LogP contribution in [0.3, 0.4) is 0 Å². The summed E-state index contributed by atoms with van der Waals surface area (Å²) in [5.74, 6) is -0.175. The van der Waals surface area contributed by atoms with Crippen molar-refractivity contribution >= 4 is 15.9 Å². The van der Waals surface area contributed by atoms with E-state index < -0.39 is 0 Å². The van der Waals surface area contributed by atoms with Crippen LogP contribution in [0.15, 0.2) is 22.7 Å². The van der Waals surface area contributed by atoms with Gasteiger partial charge in [0.25, 0.3) is 0 Å². The average molecular weight is 246 g/mol. The largest absolute Gasteiger partial charge is 0.330 e. The second-order valence-electron chi connectivity index (χ2n) is 2.98. The van der Waals surface area contributed by atoms with Crippen molar-refractivity contribution in [1.29, 1.82) is 0 Å². The Labute approximate surface area is 86.3 Å². The van der Waals surface area contributed by atoms with Crippen LogP contribution in [-0.2, 0) is 6.42 Å². The zero-order valence-corrected chi connectivity index (χ0v) is 8.98. The summed E-state index contributed by atoms with van der Waals surface area (Å²) >= 11 is 3.38. The number of aryl methyl sites for hydroxylation is 1. The van der Waals surface area contributed by atoms with E-state index in [1.807, 2.05) is 0 Å².